The van der Waals surface area contributed by atoms with Gasteiger partial charge in [-0.25, -0.2) is 0 Å². The fourth-order valence-electron chi connectivity index (χ4n) is 2.62. The van der Waals surface area contributed by atoms with Gasteiger partial charge in [-0.1, -0.05) is 12.8 Å². The fourth-order valence-corrected chi connectivity index (χ4v) is 2.62. The maximum Gasteiger partial charge on any atom is 0.135 e. The first-order valence-corrected chi connectivity index (χ1v) is 6.36. The van der Waals surface area contributed by atoms with E-state index in [-0.39, 0.29) is 5.54 Å². The third-order valence-corrected chi connectivity index (χ3v) is 3.60. The maximum absolute atomic E-state index is 11.9. The molecule has 2 N–H and O–H groups in total. The summed E-state index contributed by atoms with van der Waals surface area (Å²) in [5.74, 6) is 0.290. The second-order valence-electron chi connectivity index (χ2n) is 5.31. The van der Waals surface area contributed by atoms with E-state index in [1.807, 2.05) is 19.4 Å². The van der Waals surface area contributed by atoms with Crippen LogP contribution in [0.2, 0.25) is 0 Å². The van der Waals surface area contributed by atoms with Gasteiger partial charge >= 0.3 is 0 Å². The van der Waals surface area contributed by atoms with Crippen LogP contribution in [0.4, 0.5) is 0 Å². The van der Waals surface area contributed by atoms with Crippen LogP contribution in [-0.4, -0.2) is 21.1 Å². The SMILES string of the molecule is Cn1cc(CCC(=O)CC2(N)CCCC2)cn1. The van der Waals surface area contributed by atoms with Gasteiger partial charge in [-0.2, -0.15) is 5.10 Å². The quantitative estimate of drug-likeness (QED) is 0.843. The summed E-state index contributed by atoms with van der Waals surface area (Å²) in [5.41, 5.74) is 7.12. The van der Waals surface area contributed by atoms with Crippen molar-refractivity contribution >= 4 is 5.78 Å². The zero-order valence-corrected chi connectivity index (χ0v) is 10.5. The molecule has 0 spiro atoms. The Balaban J connectivity index is 1.77. The molecule has 0 atom stereocenters. The van der Waals surface area contributed by atoms with Crippen LogP contribution in [0.1, 0.15) is 44.1 Å². The number of Topliss-reactive ketones (excluding diaryl/α,β-unsaturated/α-hetero) is 1. The summed E-state index contributed by atoms with van der Waals surface area (Å²) in [6, 6.07) is 0. The number of hydrogen-bond acceptors (Lipinski definition) is 3. The summed E-state index contributed by atoms with van der Waals surface area (Å²) in [5, 5.41) is 4.09. The lowest BCUT2D eigenvalue weighted by molar-refractivity contribution is -0.120. The minimum Gasteiger partial charge on any atom is -0.325 e. The van der Waals surface area contributed by atoms with Crippen molar-refractivity contribution in [2.45, 2.75) is 50.5 Å². The van der Waals surface area contributed by atoms with Crippen molar-refractivity contribution in [2.75, 3.05) is 0 Å². The van der Waals surface area contributed by atoms with Crippen LogP contribution in [0.15, 0.2) is 12.4 Å². The Morgan fingerprint density at radius 1 is 1.53 bits per heavy atom. The molecule has 4 heteroatoms. The molecule has 94 valence electrons. The molecule has 1 fully saturated rings. The average Bonchev–Trinajstić information content (AvgIpc) is 2.85. The van der Waals surface area contributed by atoms with Crippen LogP contribution < -0.4 is 5.73 Å². The van der Waals surface area contributed by atoms with Crippen LogP contribution in [0.25, 0.3) is 0 Å². The van der Waals surface area contributed by atoms with E-state index in [9.17, 15) is 4.79 Å². The molecule has 0 saturated heterocycles. The Morgan fingerprint density at radius 3 is 2.82 bits per heavy atom. The predicted molar refractivity (Wildman–Crippen MR) is 66.5 cm³/mol. The first-order chi connectivity index (χ1) is 8.07. The summed E-state index contributed by atoms with van der Waals surface area (Å²) >= 11 is 0. The second-order valence-corrected chi connectivity index (χ2v) is 5.31. The number of rotatable bonds is 5. The summed E-state index contributed by atoms with van der Waals surface area (Å²) in [4.78, 5) is 11.9. The molecule has 1 aromatic heterocycles. The standard InChI is InChI=1S/C13H21N3O/c1-16-10-11(9-15-16)4-5-12(17)8-13(14)6-2-3-7-13/h9-10H,2-8,14H2,1H3. The van der Waals surface area contributed by atoms with Crippen LogP contribution in [0.3, 0.4) is 0 Å². The van der Waals surface area contributed by atoms with Gasteiger partial charge < -0.3 is 5.73 Å². The highest BCUT2D eigenvalue weighted by Crippen LogP contribution is 2.30. The van der Waals surface area contributed by atoms with Crippen molar-refractivity contribution in [3.05, 3.63) is 18.0 Å². The maximum atomic E-state index is 11.9. The lowest BCUT2D eigenvalue weighted by Crippen LogP contribution is -2.38. The van der Waals surface area contributed by atoms with Gasteiger partial charge in [0.25, 0.3) is 0 Å². The van der Waals surface area contributed by atoms with Crippen molar-refractivity contribution in [3.63, 3.8) is 0 Å². The first kappa shape index (κ1) is 12.3. The van der Waals surface area contributed by atoms with Crippen molar-refractivity contribution in [1.29, 1.82) is 0 Å². The molecule has 0 amide bonds. The first-order valence-electron chi connectivity index (χ1n) is 6.36. The lowest BCUT2D eigenvalue weighted by Gasteiger charge is -2.22. The Hall–Kier alpha value is -1.16. The Labute approximate surface area is 102 Å². The van der Waals surface area contributed by atoms with Gasteiger partial charge in [0.2, 0.25) is 0 Å². The third-order valence-electron chi connectivity index (χ3n) is 3.60. The van der Waals surface area contributed by atoms with Gasteiger partial charge in [0, 0.05) is 31.6 Å². The zero-order valence-electron chi connectivity index (χ0n) is 10.5. The van der Waals surface area contributed by atoms with Crippen molar-refractivity contribution in [1.82, 2.24) is 9.78 Å². The smallest absolute Gasteiger partial charge is 0.135 e. The average molecular weight is 235 g/mol. The summed E-state index contributed by atoms with van der Waals surface area (Å²) in [6.07, 6.45) is 10.1. The van der Waals surface area contributed by atoms with E-state index in [0.717, 1.165) is 24.8 Å². The number of carbonyl (C=O) groups is 1. The van der Waals surface area contributed by atoms with Crippen LogP contribution >= 0.6 is 0 Å². The number of ketones is 1. The molecule has 0 bridgehead atoms. The van der Waals surface area contributed by atoms with Gasteiger partial charge in [-0.15, -0.1) is 0 Å². The topological polar surface area (TPSA) is 60.9 Å². The molecule has 1 heterocycles. The highest BCUT2D eigenvalue weighted by molar-refractivity contribution is 5.79. The minimum absolute atomic E-state index is 0.202. The van der Waals surface area contributed by atoms with E-state index >= 15 is 0 Å². The molecular weight excluding hydrogens is 214 g/mol. The predicted octanol–water partition coefficient (Wildman–Crippen LogP) is 1.58. The van der Waals surface area contributed by atoms with Crippen molar-refractivity contribution in [3.8, 4) is 0 Å². The molecule has 1 aliphatic rings. The summed E-state index contributed by atoms with van der Waals surface area (Å²) < 4.78 is 1.77. The lowest BCUT2D eigenvalue weighted by atomic mass is 9.90. The van der Waals surface area contributed by atoms with Crippen molar-refractivity contribution < 1.29 is 4.79 Å². The Kier molecular flexibility index (Phi) is 3.62. The van der Waals surface area contributed by atoms with Gasteiger partial charge in [-0.3, -0.25) is 9.48 Å². The molecule has 1 saturated carbocycles. The van der Waals surface area contributed by atoms with Crippen LogP contribution in [0.5, 0.6) is 0 Å². The highest BCUT2D eigenvalue weighted by atomic mass is 16.1. The number of nitrogens with two attached hydrogens (primary N) is 1. The van der Waals surface area contributed by atoms with Crippen LogP contribution in [-0.2, 0) is 18.3 Å². The molecule has 0 aromatic carbocycles. The number of hydrogen-bond donors (Lipinski definition) is 1. The van der Waals surface area contributed by atoms with Gasteiger partial charge in [-0.05, 0) is 24.8 Å². The van der Waals surface area contributed by atoms with E-state index in [1.54, 1.807) is 4.68 Å². The minimum atomic E-state index is -0.202. The molecule has 0 unspecified atom stereocenters. The van der Waals surface area contributed by atoms with Gasteiger partial charge in [0.1, 0.15) is 5.78 Å². The van der Waals surface area contributed by atoms with E-state index in [0.29, 0.717) is 18.6 Å². The van der Waals surface area contributed by atoms with E-state index < -0.39 is 0 Å². The largest absolute Gasteiger partial charge is 0.325 e. The molecule has 0 aliphatic heterocycles. The molecule has 4 nitrogen and oxygen atoms in total. The summed E-state index contributed by atoms with van der Waals surface area (Å²) in [6.45, 7) is 0. The molecule has 17 heavy (non-hydrogen) atoms. The molecule has 2 rings (SSSR count). The van der Waals surface area contributed by atoms with E-state index in [4.69, 9.17) is 5.73 Å². The number of aryl methyl sites for hydroxylation is 2. The zero-order chi connectivity index (χ0) is 12.3. The van der Waals surface area contributed by atoms with Crippen molar-refractivity contribution in [2.24, 2.45) is 12.8 Å². The molecule has 0 radical (unpaired) electrons. The normalized spacial score (nSPS) is 18.5. The van der Waals surface area contributed by atoms with Crippen LogP contribution in [0, 0.1) is 0 Å². The Bertz CT molecular complexity index is 391. The molecular formula is C13H21N3O. The number of nitrogens with zero attached hydrogens (tertiary/aromatic N) is 2. The van der Waals surface area contributed by atoms with E-state index in [1.165, 1.54) is 12.8 Å². The van der Waals surface area contributed by atoms with Gasteiger partial charge in [0.15, 0.2) is 0 Å². The molecule has 1 aromatic rings. The Morgan fingerprint density at radius 2 is 2.24 bits per heavy atom. The number of carbonyl (C=O) groups excluding carboxylic acids is 1. The monoisotopic (exact) mass is 235 g/mol. The van der Waals surface area contributed by atoms with E-state index in [2.05, 4.69) is 5.10 Å². The fraction of sp³-hybridized carbons (Fsp3) is 0.692. The second kappa shape index (κ2) is 5.00. The number of aromatic nitrogens is 2. The van der Waals surface area contributed by atoms with Gasteiger partial charge in [0.05, 0.1) is 6.20 Å². The molecule has 1 aliphatic carbocycles. The highest BCUT2D eigenvalue weighted by Gasteiger charge is 2.31. The third kappa shape index (κ3) is 3.40. The summed E-state index contributed by atoms with van der Waals surface area (Å²) in [7, 11) is 1.89.